The second kappa shape index (κ2) is 7.93. The molecular weight excluding hydrogens is 306 g/mol. The molecule has 5 heteroatoms. The van der Waals surface area contributed by atoms with Gasteiger partial charge in [0.15, 0.2) is 11.9 Å². The van der Waals surface area contributed by atoms with Gasteiger partial charge < -0.3 is 9.47 Å². The van der Waals surface area contributed by atoms with Crippen molar-refractivity contribution in [3.8, 4) is 11.8 Å². The number of ether oxygens (including phenoxy) is 2. The summed E-state index contributed by atoms with van der Waals surface area (Å²) in [5.41, 5.74) is 1.69. The predicted octanol–water partition coefficient (Wildman–Crippen LogP) is 3.27. The fourth-order valence-electron chi connectivity index (χ4n) is 2.04. The van der Waals surface area contributed by atoms with Crippen LogP contribution in [0.15, 0.2) is 48.5 Å². The second-order valence-electron chi connectivity index (χ2n) is 5.22. The number of carbonyl (C=O) groups excluding carboxylic acids is 2. The third-order valence-electron chi connectivity index (χ3n) is 3.41. The van der Waals surface area contributed by atoms with E-state index in [1.165, 1.54) is 6.92 Å². The molecule has 0 N–H and O–H groups in total. The van der Waals surface area contributed by atoms with Gasteiger partial charge in [-0.25, -0.2) is 4.79 Å². The average molecular weight is 323 g/mol. The Hall–Kier alpha value is -3.13. The molecule has 0 aliphatic rings. The molecule has 0 spiro atoms. The van der Waals surface area contributed by atoms with E-state index in [1.807, 2.05) is 0 Å². The monoisotopic (exact) mass is 323 g/mol. The normalized spacial score (nSPS) is 11.2. The van der Waals surface area contributed by atoms with Crippen molar-refractivity contribution in [1.82, 2.24) is 0 Å². The minimum atomic E-state index is -0.803. The van der Waals surface area contributed by atoms with Gasteiger partial charge in [-0.15, -0.1) is 0 Å². The van der Waals surface area contributed by atoms with Crippen LogP contribution in [-0.4, -0.2) is 17.9 Å². The highest BCUT2D eigenvalue weighted by Crippen LogP contribution is 2.15. The highest BCUT2D eigenvalue weighted by Gasteiger charge is 2.17. The molecule has 2 aromatic rings. The van der Waals surface area contributed by atoms with Gasteiger partial charge in [0.1, 0.15) is 12.4 Å². The first kappa shape index (κ1) is 17.2. The van der Waals surface area contributed by atoms with Crippen LogP contribution in [-0.2, 0) is 16.1 Å². The molecule has 0 aliphatic carbocycles. The summed E-state index contributed by atoms with van der Waals surface area (Å²) in [6.45, 7) is 3.08. The molecule has 24 heavy (non-hydrogen) atoms. The molecule has 0 amide bonds. The zero-order valence-electron chi connectivity index (χ0n) is 13.5. The molecule has 0 unspecified atom stereocenters. The van der Waals surface area contributed by atoms with Gasteiger partial charge >= 0.3 is 5.97 Å². The largest absolute Gasteiger partial charge is 0.479 e. The minimum absolute atomic E-state index is 0.0134. The molecule has 122 valence electrons. The van der Waals surface area contributed by atoms with Crippen molar-refractivity contribution in [3.63, 3.8) is 0 Å². The Bertz CT molecular complexity index is 775. The molecule has 0 bridgehead atoms. The zero-order valence-corrected chi connectivity index (χ0v) is 13.5. The maximum atomic E-state index is 12.0. The second-order valence-corrected chi connectivity index (χ2v) is 5.22. The first-order valence-electron chi connectivity index (χ1n) is 7.43. The van der Waals surface area contributed by atoms with Crippen LogP contribution in [0.5, 0.6) is 5.75 Å². The zero-order chi connectivity index (χ0) is 17.5. The molecule has 0 radical (unpaired) electrons. The fraction of sp³-hybridized carbons (Fsp3) is 0.211. The standard InChI is InChI=1S/C19H17NO4/c1-13(21)15-7-9-18(10-8-15)24-14(2)19(22)23-12-17-6-4-3-5-16(17)11-20/h3-10,14H,12H2,1-2H3/t14-/m0/s1. The number of rotatable bonds is 6. The Morgan fingerprint density at radius 3 is 2.42 bits per heavy atom. The Balaban J connectivity index is 1.92. The van der Waals surface area contributed by atoms with Gasteiger partial charge in [0.05, 0.1) is 11.6 Å². The number of nitrogens with zero attached hydrogens (tertiary/aromatic N) is 1. The first-order valence-corrected chi connectivity index (χ1v) is 7.43. The lowest BCUT2D eigenvalue weighted by Gasteiger charge is -2.14. The van der Waals surface area contributed by atoms with E-state index in [4.69, 9.17) is 14.7 Å². The van der Waals surface area contributed by atoms with Crippen molar-refractivity contribution in [2.24, 2.45) is 0 Å². The molecule has 0 aromatic heterocycles. The maximum absolute atomic E-state index is 12.0. The van der Waals surface area contributed by atoms with Gasteiger partial charge in [-0.05, 0) is 44.2 Å². The lowest BCUT2D eigenvalue weighted by Crippen LogP contribution is -2.26. The van der Waals surface area contributed by atoms with E-state index in [0.717, 1.165) is 0 Å². The van der Waals surface area contributed by atoms with Crippen LogP contribution in [0.4, 0.5) is 0 Å². The van der Waals surface area contributed by atoms with Crippen molar-refractivity contribution in [3.05, 3.63) is 65.2 Å². The van der Waals surface area contributed by atoms with Crippen molar-refractivity contribution in [1.29, 1.82) is 5.26 Å². The van der Waals surface area contributed by atoms with Crippen LogP contribution in [0.1, 0.15) is 35.3 Å². The number of benzene rings is 2. The van der Waals surface area contributed by atoms with Crippen molar-refractivity contribution < 1.29 is 19.1 Å². The van der Waals surface area contributed by atoms with Crippen LogP contribution in [0.3, 0.4) is 0 Å². The van der Waals surface area contributed by atoms with E-state index in [2.05, 4.69) is 6.07 Å². The summed E-state index contributed by atoms with van der Waals surface area (Å²) in [7, 11) is 0. The van der Waals surface area contributed by atoms with Crippen LogP contribution in [0.25, 0.3) is 0 Å². The van der Waals surface area contributed by atoms with Gasteiger partial charge in [-0.1, -0.05) is 18.2 Å². The Labute approximate surface area is 140 Å². The molecule has 1 atom stereocenters. The van der Waals surface area contributed by atoms with E-state index >= 15 is 0 Å². The number of esters is 1. The topological polar surface area (TPSA) is 76.4 Å². The van der Waals surface area contributed by atoms with E-state index in [0.29, 0.717) is 22.4 Å². The Morgan fingerprint density at radius 2 is 1.79 bits per heavy atom. The van der Waals surface area contributed by atoms with E-state index in [1.54, 1.807) is 55.5 Å². The number of nitriles is 1. The summed E-state index contributed by atoms with van der Waals surface area (Å²) >= 11 is 0. The summed E-state index contributed by atoms with van der Waals surface area (Å²) in [5.74, 6) is -0.0922. The SMILES string of the molecule is CC(=O)c1ccc(O[C@@H](C)C(=O)OCc2ccccc2C#N)cc1. The number of hydrogen-bond acceptors (Lipinski definition) is 5. The Kier molecular flexibility index (Phi) is 5.69. The van der Waals surface area contributed by atoms with Crippen LogP contribution >= 0.6 is 0 Å². The maximum Gasteiger partial charge on any atom is 0.347 e. The first-order chi connectivity index (χ1) is 11.5. The molecule has 0 heterocycles. The van der Waals surface area contributed by atoms with Gasteiger partial charge in [0.2, 0.25) is 0 Å². The average Bonchev–Trinajstić information content (AvgIpc) is 2.60. The smallest absolute Gasteiger partial charge is 0.347 e. The highest BCUT2D eigenvalue weighted by atomic mass is 16.6. The van der Waals surface area contributed by atoms with Crippen molar-refractivity contribution >= 4 is 11.8 Å². The van der Waals surface area contributed by atoms with Crippen molar-refractivity contribution in [2.75, 3.05) is 0 Å². The summed E-state index contributed by atoms with van der Waals surface area (Å²) in [4.78, 5) is 23.2. The fourth-order valence-corrected chi connectivity index (χ4v) is 2.04. The van der Waals surface area contributed by atoms with E-state index in [9.17, 15) is 9.59 Å². The van der Waals surface area contributed by atoms with E-state index in [-0.39, 0.29) is 12.4 Å². The summed E-state index contributed by atoms with van der Waals surface area (Å²) in [6.07, 6.45) is -0.803. The summed E-state index contributed by atoms with van der Waals surface area (Å²) in [6, 6.07) is 15.5. The molecular formula is C19H17NO4. The molecule has 2 rings (SSSR count). The van der Waals surface area contributed by atoms with Crippen LogP contribution in [0, 0.1) is 11.3 Å². The lowest BCUT2D eigenvalue weighted by atomic mass is 10.1. The quantitative estimate of drug-likeness (QED) is 0.602. The van der Waals surface area contributed by atoms with Crippen LogP contribution in [0.2, 0.25) is 0 Å². The number of Topliss-reactive ketones (excluding diaryl/α,β-unsaturated/α-hetero) is 1. The molecule has 5 nitrogen and oxygen atoms in total. The third kappa shape index (κ3) is 4.43. The summed E-state index contributed by atoms with van der Waals surface area (Å²) in [5, 5.41) is 9.01. The van der Waals surface area contributed by atoms with Gasteiger partial charge in [-0.3, -0.25) is 4.79 Å². The molecule has 2 aromatic carbocycles. The predicted molar refractivity (Wildman–Crippen MR) is 87.5 cm³/mol. The number of ketones is 1. The highest BCUT2D eigenvalue weighted by molar-refractivity contribution is 5.94. The van der Waals surface area contributed by atoms with Crippen LogP contribution < -0.4 is 4.74 Å². The lowest BCUT2D eigenvalue weighted by molar-refractivity contribution is -0.152. The molecule has 0 aliphatic heterocycles. The summed E-state index contributed by atoms with van der Waals surface area (Å²) < 4.78 is 10.7. The van der Waals surface area contributed by atoms with E-state index < -0.39 is 12.1 Å². The van der Waals surface area contributed by atoms with Gasteiger partial charge in [0, 0.05) is 11.1 Å². The van der Waals surface area contributed by atoms with Crippen molar-refractivity contribution in [2.45, 2.75) is 26.6 Å². The molecule has 0 saturated heterocycles. The van der Waals surface area contributed by atoms with Gasteiger partial charge in [-0.2, -0.15) is 5.26 Å². The molecule has 0 fully saturated rings. The van der Waals surface area contributed by atoms with Gasteiger partial charge in [0.25, 0.3) is 0 Å². The Morgan fingerprint density at radius 1 is 1.12 bits per heavy atom. The number of carbonyl (C=O) groups is 2. The third-order valence-corrected chi connectivity index (χ3v) is 3.41. The number of hydrogen-bond donors (Lipinski definition) is 0. The minimum Gasteiger partial charge on any atom is -0.479 e. The molecule has 0 saturated carbocycles.